The zero-order valence-corrected chi connectivity index (χ0v) is 11.2. The molecule has 1 aromatic rings. The molecule has 0 aromatic carbocycles. The highest BCUT2D eigenvalue weighted by Crippen LogP contribution is 2.19. The molecule has 0 amide bonds. The van der Waals surface area contributed by atoms with Gasteiger partial charge in [0.05, 0.1) is 10.7 Å². The van der Waals surface area contributed by atoms with Crippen LogP contribution in [-0.2, 0) is 6.54 Å². The van der Waals surface area contributed by atoms with E-state index in [9.17, 15) is 0 Å². The van der Waals surface area contributed by atoms with Gasteiger partial charge in [0.1, 0.15) is 0 Å². The van der Waals surface area contributed by atoms with E-state index in [4.69, 9.17) is 11.6 Å². The molecule has 0 aliphatic carbocycles. The average Bonchev–Trinajstić information content (AvgIpc) is 2.51. The molecule has 0 bridgehead atoms. The van der Waals surface area contributed by atoms with Crippen LogP contribution in [0.3, 0.4) is 0 Å². The summed E-state index contributed by atoms with van der Waals surface area (Å²) in [5.74, 6) is 0.727. The topological polar surface area (TPSA) is 24.9 Å². The van der Waals surface area contributed by atoms with E-state index in [0.29, 0.717) is 0 Å². The number of nitrogens with one attached hydrogen (secondary N) is 1. The van der Waals surface area contributed by atoms with Crippen LogP contribution < -0.4 is 5.32 Å². The van der Waals surface area contributed by atoms with Crippen LogP contribution in [0, 0.1) is 12.3 Å². The molecule has 0 atom stereocenters. The smallest absolute Gasteiger partial charge is 0.0897 e. The molecule has 0 saturated carbocycles. The first-order valence-corrected chi connectivity index (χ1v) is 6.62. The van der Waals surface area contributed by atoms with Crippen molar-refractivity contribution < 1.29 is 0 Å². The lowest BCUT2D eigenvalue weighted by molar-refractivity contribution is 0.329. The fourth-order valence-electron chi connectivity index (χ4n) is 1.36. The second-order valence-corrected chi connectivity index (χ2v) is 6.00. The molecule has 4 heteroatoms. The predicted octanol–water partition coefficient (Wildman–Crippen LogP) is 3.20. The molecule has 2 nitrogen and oxygen atoms in total. The summed E-state index contributed by atoms with van der Waals surface area (Å²) in [4.78, 5) is 4.41. The Balaban J connectivity index is 2.27. The molecule has 1 aromatic heterocycles. The van der Waals surface area contributed by atoms with Crippen molar-refractivity contribution in [1.82, 2.24) is 10.3 Å². The van der Waals surface area contributed by atoms with Gasteiger partial charge in [-0.3, -0.25) is 0 Å². The van der Waals surface area contributed by atoms with Crippen molar-refractivity contribution >= 4 is 22.9 Å². The zero-order chi connectivity index (χ0) is 11.3. The highest BCUT2D eigenvalue weighted by molar-refractivity contribution is 7.09. The molecule has 0 aliphatic rings. The Morgan fingerprint density at radius 2 is 2.27 bits per heavy atom. The third kappa shape index (κ3) is 4.96. The number of hydrogen-bond donors (Lipinski definition) is 1. The largest absolute Gasteiger partial charge is 0.311 e. The van der Waals surface area contributed by atoms with Crippen molar-refractivity contribution in [3.05, 3.63) is 16.1 Å². The van der Waals surface area contributed by atoms with Crippen LogP contribution in [0.1, 0.15) is 31.0 Å². The van der Waals surface area contributed by atoms with Gasteiger partial charge in [0.2, 0.25) is 0 Å². The fraction of sp³-hybridized carbons (Fsp3) is 0.727. The maximum absolute atomic E-state index is 5.75. The Morgan fingerprint density at radius 3 is 2.80 bits per heavy atom. The number of aromatic nitrogens is 1. The van der Waals surface area contributed by atoms with Crippen molar-refractivity contribution in [1.29, 1.82) is 0 Å². The van der Waals surface area contributed by atoms with Gasteiger partial charge in [-0.05, 0) is 18.8 Å². The highest BCUT2D eigenvalue weighted by atomic mass is 35.5. The molecule has 0 aliphatic heterocycles. The Morgan fingerprint density at radius 1 is 1.53 bits per heavy atom. The van der Waals surface area contributed by atoms with Crippen LogP contribution in [-0.4, -0.2) is 17.4 Å². The van der Waals surface area contributed by atoms with Crippen molar-refractivity contribution in [2.24, 2.45) is 5.41 Å². The minimum atomic E-state index is 0.271. The number of hydrogen-bond acceptors (Lipinski definition) is 3. The molecule has 1 rings (SSSR count). The van der Waals surface area contributed by atoms with Crippen molar-refractivity contribution in [2.45, 2.75) is 33.7 Å². The summed E-state index contributed by atoms with van der Waals surface area (Å²) in [7, 11) is 0. The number of halogens is 1. The molecular weight excluding hydrogens is 228 g/mol. The van der Waals surface area contributed by atoms with Gasteiger partial charge in [0.25, 0.3) is 0 Å². The van der Waals surface area contributed by atoms with E-state index in [1.54, 1.807) is 11.3 Å². The molecule has 0 radical (unpaired) electrons. The normalized spacial score (nSPS) is 12.0. The van der Waals surface area contributed by atoms with E-state index >= 15 is 0 Å². The first-order valence-electron chi connectivity index (χ1n) is 5.21. The summed E-state index contributed by atoms with van der Waals surface area (Å²) in [6.07, 6.45) is 1.04. The monoisotopic (exact) mass is 246 g/mol. The lowest BCUT2D eigenvalue weighted by Crippen LogP contribution is -2.29. The predicted molar refractivity (Wildman–Crippen MR) is 67.7 cm³/mol. The fourth-order valence-corrected chi connectivity index (χ4v) is 2.49. The van der Waals surface area contributed by atoms with Crippen LogP contribution >= 0.6 is 22.9 Å². The quantitative estimate of drug-likeness (QED) is 0.780. The summed E-state index contributed by atoms with van der Waals surface area (Å²) in [6.45, 7) is 8.33. The Bertz CT molecular complexity index is 297. The van der Waals surface area contributed by atoms with E-state index in [1.165, 1.54) is 0 Å². The van der Waals surface area contributed by atoms with Gasteiger partial charge in [0, 0.05) is 24.3 Å². The molecule has 0 fully saturated rings. The van der Waals surface area contributed by atoms with E-state index in [2.05, 4.69) is 29.5 Å². The SMILES string of the molecule is Cc1nc(CNCC(C)(C)CCCl)cs1. The zero-order valence-electron chi connectivity index (χ0n) is 9.64. The summed E-state index contributed by atoms with van der Waals surface area (Å²) >= 11 is 7.45. The second kappa shape index (κ2) is 5.83. The summed E-state index contributed by atoms with van der Waals surface area (Å²) in [5, 5.41) is 6.66. The Labute approximate surface area is 101 Å². The van der Waals surface area contributed by atoms with Gasteiger partial charge in [-0.25, -0.2) is 4.98 Å². The Hall–Kier alpha value is -0.120. The average molecular weight is 247 g/mol. The van der Waals surface area contributed by atoms with Crippen LogP contribution in [0.2, 0.25) is 0 Å². The minimum Gasteiger partial charge on any atom is -0.311 e. The Kier molecular flexibility index (Phi) is 5.03. The van der Waals surface area contributed by atoms with Crippen molar-refractivity contribution in [2.75, 3.05) is 12.4 Å². The van der Waals surface area contributed by atoms with E-state index in [-0.39, 0.29) is 5.41 Å². The highest BCUT2D eigenvalue weighted by Gasteiger charge is 2.16. The lowest BCUT2D eigenvalue weighted by atomic mass is 9.90. The van der Waals surface area contributed by atoms with Gasteiger partial charge < -0.3 is 5.32 Å². The number of thiazole rings is 1. The molecule has 1 N–H and O–H groups in total. The molecule has 1 heterocycles. The van der Waals surface area contributed by atoms with E-state index in [0.717, 1.165) is 36.1 Å². The van der Waals surface area contributed by atoms with Gasteiger partial charge in [-0.2, -0.15) is 0 Å². The molecule has 0 saturated heterocycles. The molecule has 15 heavy (non-hydrogen) atoms. The maximum atomic E-state index is 5.75. The summed E-state index contributed by atoms with van der Waals surface area (Å²) < 4.78 is 0. The minimum absolute atomic E-state index is 0.271. The first-order chi connectivity index (χ1) is 7.03. The number of rotatable bonds is 6. The second-order valence-electron chi connectivity index (χ2n) is 4.56. The number of aryl methyl sites for hydroxylation is 1. The van der Waals surface area contributed by atoms with Crippen LogP contribution in [0.5, 0.6) is 0 Å². The maximum Gasteiger partial charge on any atom is 0.0897 e. The third-order valence-electron chi connectivity index (χ3n) is 2.35. The lowest BCUT2D eigenvalue weighted by Gasteiger charge is -2.23. The summed E-state index contributed by atoms with van der Waals surface area (Å²) in [5.41, 5.74) is 1.41. The number of alkyl halides is 1. The molecule has 86 valence electrons. The van der Waals surface area contributed by atoms with Crippen molar-refractivity contribution in [3.8, 4) is 0 Å². The van der Waals surface area contributed by atoms with E-state index < -0.39 is 0 Å². The van der Waals surface area contributed by atoms with Gasteiger partial charge >= 0.3 is 0 Å². The van der Waals surface area contributed by atoms with E-state index in [1.807, 2.05) is 6.92 Å². The van der Waals surface area contributed by atoms with Crippen LogP contribution in [0.15, 0.2) is 5.38 Å². The third-order valence-corrected chi connectivity index (χ3v) is 3.36. The standard InChI is InChI=1S/C11H19ClN2S/c1-9-14-10(7-15-9)6-13-8-11(2,3)4-5-12/h7,13H,4-6,8H2,1-3H3. The van der Waals surface area contributed by atoms with Gasteiger partial charge in [-0.1, -0.05) is 13.8 Å². The first kappa shape index (κ1) is 12.9. The molecular formula is C11H19ClN2S. The van der Waals surface area contributed by atoms with Gasteiger partial charge in [0.15, 0.2) is 0 Å². The summed E-state index contributed by atoms with van der Waals surface area (Å²) in [6, 6.07) is 0. The van der Waals surface area contributed by atoms with Crippen LogP contribution in [0.4, 0.5) is 0 Å². The molecule has 0 unspecified atom stereocenters. The van der Waals surface area contributed by atoms with Crippen LogP contribution in [0.25, 0.3) is 0 Å². The molecule has 0 spiro atoms. The van der Waals surface area contributed by atoms with Crippen molar-refractivity contribution in [3.63, 3.8) is 0 Å². The van der Waals surface area contributed by atoms with Gasteiger partial charge in [-0.15, -0.1) is 22.9 Å². The number of nitrogens with zero attached hydrogens (tertiary/aromatic N) is 1.